The van der Waals surface area contributed by atoms with Crippen LogP contribution in [0.3, 0.4) is 0 Å². The van der Waals surface area contributed by atoms with Gasteiger partial charge in [0.15, 0.2) is 0 Å². The summed E-state index contributed by atoms with van der Waals surface area (Å²) in [6, 6.07) is 78.4. The van der Waals surface area contributed by atoms with E-state index in [1.54, 1.807) is 0 Å². The highest BCUT2D eigenvalue weighted by Crippen LogP contribution is 2.43. The molecule has 3 heteroatoms. The quantitative estimate of drug-likeness (QED) is 0.169. The van der Waals surface area contributed by atoms with Gasteiger partial charge in [-0.3, -0.25) is 0 Å². The van der Waals surface area contributed by atoms with Gasteiger partial charge in [-0.15, -0.1) is 0 Å². The number of rotatable bonds is 4. The van der Waals surface area contributed by atoms with E-state index in [2.05, 4.69) is 226 Å². The van der Waals surface area contributed by atoms with Crippen molar-refractivity contribution in [2.75, 3.05) is 0 Å². The van der Waals surface area contributed by atoms with E-state index in [1.165, 1.54) is 120 Å². The minimum atomic E-state index is 1.16. The first kappa shape index (κ1) is 32.8. The Balaban J connectivity index is 0.933. The number of nitrogens with zero attached hydrogens (tertiary/aromatic N) is 3. The SMILES string of the molecule is c1ccc(-n2c3ccccc3c3cc(-c4ccc(-c5ccc6c(c5)c5ccccc5n6-c5ccc6c7cccc8c9ccccc9n(c6c5)c87)c5ccccc45)ccc32)cc1. The Labute approximate surface area is 350 Å². The largest absolute Gasteiger partial charge is 0.309 e. The molecule has 0 spiro atoms. The lowest BCUT2D eigenvalue weighted by molar-refractivity contribution is 1.18. The van der Waals surface area contributed by atoms with Gasteiger partial charge < -0.3 is 13.5 Å². The fourth-order valence-electron chi connectivity index (χ4n) is 10.8. The summed E-state index contributed by atoms with van der Waals surface area (Å²) in [7, 11) is 0. The number of fused-ring (bicyclic) bond motifs is 13. The van der Waals surface area contributed by atoms with Crippen LogP contribution < -0.4 is 0 Å². The average Bonchev–Trinajstić information content (AvgIpc) is 4.05. The summed E-state index contributed by atoms with van der Waals surface area (Å²) in [5, 5.41) is 12.7. The summed E-state index contributed by atoms with van der Waals surface area (Å²) in [6.45, 7) is 0. The Morgan fingerprint density at radius 2 is 0.672 bits per heavy atom. The van der Waals surface area contributed by atoms with Crippen molar-refractivity contribution < 1.29 is 0 Å². The van der Waals surface area contributed by atoms with Crippen LogP contribution in [0.25, 0.3) is 126 Å². The molecule has 4 heterocycles. The van der Waals surface area contributed by atoms with Crippen molar-refractivity contribution in [3.8, 4) is 33.6 Å². The summed E-state index contributed by atoms with van der Waals surface area (Å²) < 4.78 is 7.31. The number of benzene rings is 10. The molecule has 0 amide bonds. The highest BCUT2D eigenvalue weighted by Gasteiger charge is 2.20. The van der Waals surface area contributed by atoms with E-state index in [9.17, 15) is 0 Å². The molecule has 0 aliphatic heterocycles. The molecule has 14 rings (SSSR count). The maximum atomic E-state index is 2.47. The lowest BCUT2D eigenvalue weighted by Gasteiger charge is -2.13. The van der Waals surface area contributed by atoms with Crippen molar-refractivity contribution in [1.82, 2.24) is 13.5 Å². The number of hydrogen-bond acceptors (Lipinski definition) is 0. The van der Waals surface area contributed by atoms with Crippen LogP contribution in [0.4, 0.5) is 0 Å². The molecule has 0 fully saturated rings. The minimum Gasteiger partial charge on any atom is -0.309 e. The van der Waals surface area contributed by atoms with Crippen LogP contribution in [-0.2, 0) is 0 Å². The van der Waals surface area contributed by atoms with E-state index < -0.39 is 0 Å². The van der Waals surface area contributed by atoms with E-state index in [-0.39, 0.29) is 0 Å². The van der Waals surface area contributed by atoms with E-state index in [0.717, 1.165) is 5.69 Å². The number of hydrogen-bond donors (Lipinski definition) is 0. The highest BCUT2D eigenvalue weighted by molar-refractivity contribution is 6.23. The monoisotopic (exact) mass is 773 g/mol. The number of para-hydroxylation sites is 5. The smallest absolute Gasteiger partial charge is 0.0620 e. The maximum absolute atomic E-state index is 2.47. The van der Waals surface area contributed by atoms with Crippen LogP contribution in [0.2, 0.25) is 0 Å². The van der Waals surface area contributed by atoms with Gasteiger partial charge in [0.2, 0.25) is 0 Å². The Kier molecular flexibility index (Phi) is 6.56. The third-order valence-electron chi connectivity index (χ3n) is 13.4. The molecule has 3 nitrogen and oxygen atoms in total. The van der Waals surface area contributed by atoms with Crippen molar-refractivity contribution in [2.24, 2.45) is 0 Å². The van der Waals surface area contributed by atoms with Gasteiger partial charge in [-0.2, -0.15) is 0 Å². The minimum absolute atomic E-state index is 1.16. The van der Waals surface area contributed by atoms with Crippen molar-refractivity contribution in [2.45, 2.75) is 0 Å². The molecule has 0 aliphatic carbocycles. The third kappa shape index (κ3) is 4.47. The molecule has 0 saturated carbocycles. The second kappa shape index (κ2) is 12.2. The fourth-order valence-corrected chi connectivity index (χ4v) is 10.8. The first-order chi connectivity index (χ1) is 30.3. The first-order valence-corrected chi connectivity index (χ1v) is 21.1. The molecule has 0 saturated heterocycles. The molecule has 282 valence electrons. The van der Waals surface area contributed by atoms with E-state index in [1.807, 2.05) is 0 Å². The average molecular weight is 774 g/mol. The zero-order valence-electron chi connectivity index (χ0n) is 33.0. The topological polar surface area (TPSA) is 14.3 Å². The van der Waals surface area contributed by atoms with E-state index in [0.29, 0.717) is 0 Å². The van der Waals surface area contributed by atoms with Crippen molar-refractivity contribution >= 4 is 92.5 Å². The van der Waals surface area contributed by atoms with Crippen molar-refractivity contribution in [1.29, 1.82) is 0 Å². The lowest BCUT2D eigenvalue weighted by Crippen LogP contribution is -1.94. The van der Waals surface area contributed by atoms with Crippen LogP contribution in [0.5, 0.6) is 0 Å². The predicted octanol–water partition coefficient (Wildman–Crippen LogP) is 15.5. The molecule has 0 unspecified atom stereocenters. The normalized spacial score (nSPS) is 12.3. The van der Waals surface area contributed by atoms with E-state index >= 15 is 0 Å². The van der Waals surface area contributed by atoms with Crippen LogP contribution >= 0.6 is 0 Å². The highest BCUT2D eigenvalue weighted by atomic mass is 15.0. The molecular formula is C58H35N3. The molecule has 4 aromatic heterocycles. The zero-order valence-corrected chi connectivity index (χ0v) is 33.0. The summed E-state index contributed by atoms with van der Waals surface area (Å²) in [5.41, 5.74) is 15.9. The third-order valence-corrected chi connectivity index (χ3v) is 13.4. The predicted molar refractivity (Wildman–Crippen MR) is 258 cm³/mol. The summed E-state index contributed by atoms with van der Waals surface area (Å²) in [5.74, 6) is 0. The lowest BCUT2D eigenvalue weighted by atomic mass is 9.91. The van der Waals surface area contributed by atoms with Gasteiger partial charge in [0.1, 0.15) is 0 Å². The maximum Gasteiger partial charge on any atom is 0.0620 e. The summed E-state index contributed by atoms with van der Waals surface area (Å²) in [6.07, 6.45) is 0. The van der Waals surface area contributed by atoms with Crippen molar-refractivity contribution in [3.63, 3.8) is 0 Å². The van der Waals surface area contributed by atoms with Crippen LogP contribution in [0.1, 0.15) is 0 Å². The van der Waals surface area contributed by atoms with Gasteiger partial charge in [0.25, 0.3) is 0 Å². The summed E-state index contributed by atoms with van der Waals surface area (Å²) >= 11 is 0. The van der Waals surface area contributed by atoms with Crippen LogP contribution in [0.15, 0.2) is 212 Å². The van der Waals surface area contributed by atoms with Gasteiger partial charge in [-0.1, -0.05) is 146 Å². The van der Waals surface area contributed by atoms with Crippen LogP contribution in [0, 0.1) is 0 Å². The molecule has 0 bridgehead atoms. The first-order valence-electron chi connectivity index (χ1n) is 21.1. The summed E-state index contributed by atoms with van der Waals surface area (Å²) in [4.78, 5) is 0. The Bertz CT molecular complexity index is 4100. The Morgan fingerprint density at radius 3 is 1.26 bits per heavy atom. The van der Waals surface area contributed by atoms with Gasteiger partial charge in [0.05, 0.1) is 38.6 Å². The van der Waals surface area contributed by atoms with Crippen molar-refractivity contribution in [3.05, 3.63) is 212 Å². The molecule has 61 heavy (non-hydrogen) atoms. The molecular weight excluding hydrogens is 739 g/mol. The standard InChI is InChI=1S/C58H35N3/c1-2-13-38(14-3-1)59-52-22-9-7-18-45(52)50-33-36(25-31-55(50)59)40-29-30-41(43-16-5-4-15-42(40)43)37-26-32-56-51(34-37)46-19-8-10-23-53(46)60(56)39-27-28-47-49-21-12-20-48-44-17-6-11-24-54(44)61(58(48)49)57(47)35-39/h1-35H. The second-order valence-corrected chi connectivity index (χ2v) is 16.5. The molecule has 14 aromatic rings. The van der Waals surface area contributed by atoms with Gasteiger partial charge in [0, 0.05) is 54.5 Å². The molecule has 0 N–H and O–H groups in total. The van der Waals surface area contributed by atoms with Crippen LogP contribution in [-0.4, -0.2) is 13.5 Å². The van der Waals surface area contributed by atoms with E-state index in [4.69, 9.17) is 0 Å². The van der Waals surface area contributed by atoms with Gasteiger partial charge in [-0.25, -0.2) is 0 Å². The van der Waals surface area contributed by atoms with Gasteiger partial charge >= 0.3 is 0 Å². The second-order valence-electron chi connectivity index (χ2n) is 16.5. The zero-order chi connectivity index (χ0) is 39.8. The fraction of sp³-hybridized carbons (Fsp3) is 0. The Hall–Kier alpha value is -8.14. The van der Waals surface area contributed by atoms with Gasteiger partial charge in [-0.05, 0) is 99.8 Å². The molecule has 10 aromatic carbocycles. The molecule has 0 atom stereocenters. The molecule has 0 aliphatic rings. The Morgan fingerprint density at radius 1 is 0.230 bits per heavy atom. The molecule has 0 radical (unpaired) electrons. The number of aromatic nitrogens is 3.